The van der Waals surface area contributed by atoms with Gasteiger partial charge in [0, 0.05) is 25.0 Å². The van der Waals surface area contributed by atoms with Crippen LogP contribution in [0.4, 0.5) is 0 Å². The predicted octanol–water partition coefficient (Wildman–Crippen LogP) is 0.715. The number of likely N-dealkylation sites (tertiary alicyclic amines) is 1. The van der Waals surface area contributed by atoms with Gasteiger partial charge in [-0.25, -0.2) is 0 Å². The summed E-state index contributed by atoms with van der Waals surface area (Å²) in [6.07, 6.45) is 2.73. The fourth-order valence-corrected chi connectivity index (χ4v) is 2.53. The monoisotopic (exact) mass is 206 g/mol. The summed E-state index contributed by atoms with van der Waals surface area (Å²) in [6.45, 7) is 3.89. The SMILES string of the molecule is O=C(c1ccco1)N1CC2(CCNC2)C1. The van der Waals surface area contributed by atoms with Crippen LogP contribution in [0.2, 0.25) is 0 Å². The van der Waals surface area contributed by atoms with Crippen LogP contribution in [-0.2, 0) is 0 Å². The topological polar surface area (TPSA) is 45.5 Å². The summed E-state index contributed by atoms with van der Waals surface area (Å²) in [5.41, 5.74) is 0.363. The highest BCUT2D eigenvalue weighted by Gasteiger charge is 2.47. The van der Waals surface area contributed by atoms with Crippen molar-refractivity contribution in [3.05, 3.63) is 24.2 Å². The number of hydrogen-bond acceptors (Lipinski definition) is 3. The number of nitrogens with one attached hydrogen (secondary N) is 1. The van der Waals surface area contributed by atoms with Crippen LogP contribution in [0.25, 0.3) is 0 Å². The van der Waals surface area contributed by atoms with E-state index in [0.717, 1.165) is 26.2 Å². The van der Waals surface area contributed by atoms with Crippen molar-refractivity contribution in [2.45, 2.75) is 6.42 Å². The molecule has 0 bridgehead atoms. The molecule has 1 spiro atoms. The fourth-order valence-electron chi connectivity index (χ4n) is 2.53. The number of rotatable bonds is 1. The first-order valence-corrected chi connectivity index (χ1v) is 5.33. The van der Waals surface area contributed by atoms with Gasteiger partial charge in [-0.2, -0.15) is 0 Å². The van der Waals surface area contributed by atoms with E-state index in [4.69, 9.17) is 4.42 Å². The second kappa shape index (κ2) is 3.10. The van der Waals surface area contributed by atoms with Gasteiger partial charge in [0.1, 0.15) is 0 Å². The van der Waals surface area contributed by atoms with Gasteiger partial charge < -0.3 is 14.6 Å². The summed E-state index contributed by atoms with van der Waals surface area (Å²) < 4.78 is 5.10. The van der Waals surface area contributed by atoms with Crippen molar-refractivity contribution in [1.29, 1.82) is 0 Å². The lowest BCUT2D eigenvalue weighted by atomic mass is 9.79. The molecule has 1 aromatic rings. The van der Waals surface area contributed by atoms with Crippen LogP contribution in [0.3, 0.4) is 0 Å². The molecule has 1 amide bonds. The van der Waals surface area contributed by atoms with Crippen LogP contribution < -0.4 is 5.32 Å². The van der Waals surface area contributed by atoms with E-state index in [2.05, 4.69) is 5.32 Å². The lowest BCUT2D eigenvalue weighted by Crippen LogP contribution is -2.59. The maximum absolute atomic E-state index is 11.8. The molecule has 4 heteroatoms. The summed E-state index contributed by atoms with van der Waals surface area (Å²) in [5.74, 6) is 0.480. The Kier molecular flexibility index (Phi) is 1.85. The molecule has 0 radical (unpaired) electrons. The third-order valence-electron chi connectivity index (χ3n) is 3.40. The summed E-state index contributed by atoms with van der Waals surface area (Å²) in [6, 6.07) is 3.47. The molecular weight excluding hydrogens is 192 g/mol. The van der Waals surface area contributed by atoms with Crippen molar-refractivity contribution in [2.24, 2.45) is 5.41 Å². The largest absolute Gasteiger partial charge is 0.459 e. The fraction of sp³-hybridized carbons (Fsp3) is 0.545. The summed E-state index contributed by atoms with van der Waals surface area (Å²) in [5, 5.41) is 3.35. The number of amides is 1. The molecule has 0 unspecified atom stereocenters. The average Bonchev–Trinajstić information content (AvgIpc) is 2.85. The molecular formula is C11H14N2O2. The highest BCUT2D eigenvalue weighted by molar-refractivity contribution is 5.92. The summed E-state index contributed by atoms with van der Waals surface area (Å²) >= 11 is 0. The molecule has 2 aliphatic rings. The highest BCUT2D eigenvalue weighted by atomic mass is 16.3. The van der Waals surface area contributed by atoms with Crippen molar-refractivity contribution in [1.82, 2.24) is 10.2 Å². The third kappa shape index (κ3) is 1.36. The van der Waals surface area contributed by atoms with E-state index in [-0.39, 0.29) is 5.91 Å². The Morgan fingerprint density at radius 2 is 2.40 bits per heavy atom. The molecule has 3 heterocycles. The van der Waals surface area contributed by atoms with Crippen molar-refractivity contribution in [2.75, 3.05) is 26.2 Å². The zero-order valence-corrected chi connectivity index (χ0v) is 8.53. The van der Waals surface area contributed by atoms with Gasteiger partial charge >= 0.3 is 0 Å². The predicted molar refractivity (Wildman–Crippen MR) is 54.5 cm³/mol. The average molecular weight is 206 g/mol. The number of carbonyl (C=O) groups excluding carboxylic acids is 1. The molecule has 4 nitrogen and oxygen atoms in total. The number of carbonyl (C=O) groups is 1. The van der Waals surface area contributed by atoms with E-state index >= 15 is 0 Å². The molecule has 2 fully saturated rings. The molecule has 2 saturated heterocycles. The minimum atomic E-state index is 0.0255. The second-order valence-corrected chi connectivity index (χ2v) is 4.57. The van der Waals surface area contributed by atoms with Crippen molar-refractivity contribution >= 4 is 5.91 Å². The first-order chi connectivity index (χ1) is 7.29. The number of nitrogens with zero attached hydrogens (tertiary/aromatic N) is 1. The van der Waals surface area contributed by atoms with Crippen molar-refractivity contribution < 1.29 is 9.21 Å². The van der Waals surface area contributed by atoms with E-state index in [1.807, 2.05) is 4.90 Å². The second-order valence-electron chi connectivity index (χ2n) is 4.57. The molecule has 3 rings (SSSR count). The normalized spacial score (nSPS) is 23.1. The summed E-state index contributed by atoms with van der Waals surface area (Å²) in [7, 11) is 0. The van der Waals surface area contributed by atoms with E-state index in [9.17, 15) is 4.79 Å². The first kappa shape index (κ1) is 8.97. The van der Waals surface area contributed by atoms with Crippen LogP contribution in [0.5, 0.6) is 0 Å². The Labute approximate surface area is 88.2 Å². The van der Waals surface area contributed by atoms with Crippen LogP contribution in [0.1, 0.15) is 17.0 Å². The minimum absolute atomic E-state index is 0.0255. The molecule has 15 heavy (non-hydrogen) atoms. The quantitative estimate of drug-likeness (QED) is 0.736. The van der Waals surface area contributed by atoms with Crippen molar-refractivity contribution in [3.63, 3.8) is 0 Å². The molecule has 80 valence electrons. The van der Waals surface area contributed by atoms with Gasteiger partial charge in [0.15, 0.2) is 5.76 Å². The van der Waals surface area contributed by atoms with Gasteiger partial charge in [-0.05, 0) is 25.1 Å². The van der Waals surface area contributed by atoms with Gasteiger partial charge in [-0.15, -0.1) is 0 Å². The molecule has 1 aromatic heterocycles. The Hall–Kier alpha value is -1.29. The van der Waals surface area contributed by atoms with Gasteiger partial charge in [0.05, 0.1) is 6.26 Å². The number of hydrogen-bond donors (Lipinski definition) is 1. The van der Waals surface area contributed by atoms with Crippen LogP contribution in [-0.4, -0.2) is 37.0 Å². The maximum atomic E-state index is 11.8. The summed E-state index contributed by atoms with van der Waals surface area (Å²) in [4.78, 5) is 13.7. The molecule has 0 saturated carbocycles. The first-order valence-electron chi connectivity index (χ1n) is 5.33. The van der Waals surface area contributed by atoms with Gasteiger partial charge in [0.2, 0.25) is 0 Å². The Morgan fingerprint density at radius 3 is 3.00 bits per heavy atom. The van der Waals surface area contributed by atoms with Crippen molar-refractivity contribution in [3.8, 4) is 0 Å². The Bertz CT molecular complexity index is 358. The van der Waals surface area contributed by atoms with Crippen LogP contribution in [0.15, 0.2) is 22.8 Å². The van der Waals surface area contributed by atoms with E-state index in [1.165, 1.54) is 6.42 Å². The van der Waals surface area contributed by atoms with Gasteiger partial charge in [0.25, 0.3) is 5.91 Å². The van der Waals surface area contributed by atoms with E-state index < -0.39 is 0 Å². The Morgan fingerprint density at radius 1 is 1.53 bits per heavy atom. The molecule has 0 aromatic carbocycles. The maximum Gasteiger partial charge on any atom is 0.289 e. The lowest BCUT2D eigenvalue weighted by Gasteiger charge is -2.47. The molecule has 2 aliphatic heterocycles. The molecule has 1 N–H and O–H groups in total. The lowest BCUT2D eigenvalue weighted by molar-refractivity contribution is 0.0134. The zero-order chi connectivity index (χ0) is 10.3. The van der Waals surface area contributed by atoms with Crippen LogP contribution >= 0.6 is 0 Å². The minimum Gasteiger partial charge on any atom is -0.459 e. The highest BCUT2D eigenvalue weighted by Crippen LogP contribution is 2.36. The smallest absolute Gasteiger partial charge is 0.289 e. The molecule has 0 aliphatic carbocycles. The standard InChI is InChI=1S/C11H14N2O2/c14-10(9-2-1-5-15-9)13-7-11(8-13)3-4-12-6-11/h1-2,5,12H,3-4,6-8H2. The molecule has 0 atom stereocenters. The van der Waals surface area contributed by atoms with E-state index in [1.54, 1.807) is 18.4 Å². The van der Waals surface area contributed by atoms with E-state index in [0.29, 0.717) is 11.2 Å². The van der Waals surface area contributed by atoms with Crippen LogP contribution in [0, 0.1) is 5.41 Å². The zero-order valence-electron chi connectivity index (χ0n) is 8.53. The Balaban J connectivity index is 1.65. The number of furan rings is 1. The third-order valence-corrected chi connectivity index (χ3v) is 3.40. The van der Waals surface area contributed by atoms with Gasteiger partial charge in [-0.3, -0.25) is 4.79 Å². The van der Waals surface area contributed by atoms with Gasteiger partial charge in [-0.1, -0.05) is 0 Å².